The number of hydrogen-bond donors (Lipinski definition) is 2. The topological polar surface area (TPSA) is 79.8 Å². The van der Waals surface area contributed by atoms with Gasteiger partial charge in [0.1, 0.15) is 11.6 Å². The van der Waals surface area contributed by atoms with Crippen LogP contribution in [0.4, 0.5) is 10.1 Å². The van der Waals surface area contributed by atoms with E-state index in [0.29, 0.717) is 22.9 Å². The fourth-order valence-electron chi connectivity index (χ4n) is 2.20. The van der Waals surface area contributed by atoms with Gasteiger partial charge in [0.15, 0.2) is 0 Å². The zero-order valence-corrected chi connectivity index (χ0v) is 16.1. The normalized spacial score (nSPS) is 10.7. The average molecular weight is 406 g/mol. The molecule has 2 aromatic carbocycles. The Kier molecular flexibility index (Phi) is 8.42. The van der Waals surface area contributed by atoms with Crippen LogP contribution >= 0.6 is 11.6 Å². The van der Waals surface area contributed by atoms with Gasteiger partial charge in [-0.05, 0) is 36.8 Å². The first kappa shape index (κ1) is 21.4. The summed E-state index contributed by atoms with van der Waals surface area (Å²) in [4.78, 5) is 23.7. The number of rotatable bonds is 9. The van der Waals surface area contributed by atoms with E-state index in [9.17, 15) is 14.0 Å². The summed E-state index contributed by atoms with van der Waals surface area (Å²) in [5.74, 6) is -0.839. The summed E-state index contributed by atoms with van der Waals surface area (Å²) in [6.45, 7) is 2.54. The van der Waals surface area contributed by atoms with E-state index < -0.39 is 17.6 Å². The summed E-state index contributed by atoms with van der Waals surface area (Å²) in [6.07, 6.45) is 2.09. The maximum Gasteiger partial charge on any atom is 0.240 e. The Hall–Kier alpha value is -2.93. The van der Waals surface area contributed by atoms with E-state index in [-0.39, 0.29) is 18.5 Å². The van der Waals surface area contributed by atoms with E-state index in [1.54, 1.807) is 24.3 Å². The monoisotopic (exact) mass is 405 g/mol. The van der Waals surface area contributed by atoms with E-state index in [2.05, 4.69) is 15.8 Å². The minimum absolute atomic E-state index is 0.0755. The molecule has 8 heteroatoms. The number of ether oxygens (including phenoxy) is 1. The highest BCUT2D eigenvalue weighted by Gasteiger charge is 2.09. The molecule has 0 heterocycles. The number of hydrazone groups is 1. The summed E-state index contributed by atoms with van der Waals surface area (Å²) >= 11 is 5.98. The second kappa shape index (κ2) is 11.0. The van der Waals surface area contributed by atoms with Crippen LogP contribution in [0.3, 0.4) is 0 Å². The molecule has 0 aliphatic heterocycles. The molecule has 0 spiro atoms. The Morgan fingerprint density at radius 1 is 1.18 bits per heavy atom. The van der Waals surface area contributed by atoms with Gasteiger partial charge in [0.25, 0.3) is 0 Å². The zero-order valence-electron chi connectivity index (χ0n) is 15.4. The smallest absolute Gasteiger partial charge is 0.240 e. The third-order valence-corrected chi connectivity index (χ3v) is 3.79. The lowest BCUT2D eigenvalue weighted by atomic mass is 10.2. The molecular weight excluding hydrogens is 385 g/mol. The van der Waals surface area contributed by atoms with Crippen LogP contribution in [0.1, 0.15) is 31.7 Å². The summed E-state index contributed by atoms with van der Waals surface area (Å²) in [5, 5.41) is 6.80. The molecule has 28 heavy (non-hydrogen) atoms. The van der Waals surface area contributed by atoms with E-state index in [4.69, 9.17) is 16.3 Å². The molecule has 0 aromatic heterocycles. The third kappa shape index (κ3) is 7.00. The Morgan fingerprint density at radius 2 is 1.93 bits per heavy atom. The number of amides is 2. The van der Waals surface area contributed by atoms with E-state index in [0.717, 1.165) is 6.42 Å². The molecule has 2 aromatic rings. The number of halogens is 2. The largest absolute Gasteiger partial charge is 0.493 e. The zero-order chi connectivity index (χ0) is 20.4. The van der Waals surface area contributed by atoms with Crippen LogP contribution in [0.15, 0.2) is 47.6 Å². The van der Waals surface area contributed by atoms with Crippen LogP contribution in [0.5, 0.6) is 5.75 Å². The summed E-state index contributed by atoms with van der Waals surface area (Å²) in [7, 11) is 0. The molecule has 0 atom stereocenters. The molecule has 0 unspecified atom stereocenters. The van der Waals surface area contributed by atoms with Crippen molar-refractivity contribution in [3.05, 3.63) is 58.9 Å². The minimum Gasteiger partial charge on any atom is -0.493 e. The van der Waals surface area contributed by atoms with Crippen molar-refractivity contribution < 1.29 is 18.7 Å². The standard InChI is InChI=1S/C20H21ClFN3O3/c1-2-11-28-18-8-7-15(21)12-14(18)13-23-25-20(27)10-9-19(26)24-17-6-4-3-5-16(17)22/h3-8,12-13H,2,9-11H2,1H3,(H,24,26)(H,25,27). The predicted octanol–water partition coefficient (Wildman–Crippen LogP) is 4.14. The van der Waals surface area contributed by atoms with Crippen molar-refractivity contribution in [3.63, 3.8) is 0 Å². The highest BCUT2D eigenvalue weighted by atomic mass is 35.5. The fraction of sp³-hybridized carbons (Fsp3) is 0.250. The van der Waals surface area contributed by atoms with Gasteiger partial charge in [-0.1, -0.05) is 30.7 Å². The molecule has 0 saturated carbocycles. The van der Waals surface area contributed by atoms with Crippen LogP contribution in [0, 0.1) is 5.82 Å². The molecule has 0 bridgehead atoms. The highest BCUT2D eigenvalue weighted by molar-refractivity contribution is 6.30. The molecule has 6 nitrogen and oxygen atoms in total. The number of nitrogens with one attached hydrogen (secondary N) is 2. The summed E-state index contributed by atoms with van der Waals surface area (Å²) in [5.41, 5.74) is 3.04. The van der Waals surface area contributed by atoms with Crippen molar-refractivity contribution in [2.24, 2.45) is 5.10 Å². The maximum atomic E-state index is 13.5. The van der Waals surface area contributed by atoms with Gasteiger partial charge in [-0.3, -0.25) is 9.59 Å². The second-order valence-corrected chi connectivity index (χ2v) is 6.29. The Labute approximate surface area is 167 Å². The van der Waals surface area contributed by atoms with Gasteiger partial charge in [0, 0.05) is 23.4 Å². The number of anilines is 1. The molecule has 2 rings (SSSR count). The molecule has 0 fully saturated rings. The Balaban J connectivity index is 1.83. The molecule has 2 amide bonds. The lowest BCUT2D eigenvalue weighted by Gasteiger charge is -2.08. The number of para-hydroxylation sites is 1. The lowest BCUT2D eigenvalue weighted by molar-refractivity contribution is -0.124. The first-order valence-corrected chi connectivity index (χ1v) is 9.16. The van der Waals surface area contributed by atoms with Crippen LogP contribution in [-0.4, -0.2) is 24.6 Å². The van der Waals surface area contributed by atoms with Crippen LogP contribution in [-0.2, 0) is 9.59 Å². The molecule has 0 saturated heterocycles. The number of carbonyl (C=O) groups is 2. The SMILES string of the molecule is CCCOc1ccc(Cl)cc1C=NNC(=O)CCC(=O)Nc1ccccc1F. The summed E-state index contributed by atoms with van der Waals surface area (Å²) < 4.78 is 19.1. The highest BCUT2D eigenvalue weighted by Crippen LogP contribution is 2.21. The number of nitrogens with zero attached hydrogens (tertiary/aromatic N) is 1. The fourth-order valence-corrected chi connectivity index (χ4v) is 2.38. The van der Waals surface area contributed by atoms with E-state index in [1.165, 1.54) is 24.4 Å². The second-order valence-electron chi connectivity index (χ2n) is 5.85. The van der Waals surface area contributed by atoms with Gasteiger partial charge in [0.2, 0.25) is 11.8 Å². The predicted molar refractivity (Wildman–Crippen MR) is 107 cm³/mol. The van der Waals surface area contributed by atoms with E-state index in [1.807, 2.05) is 6.92 Å². The van der Waals surface area contributed by atoms with Gasteiger partial charge in [-0.15, -0.1) is 0 Å². The van der Waals surface area contributed by atoms with Crippen molar-refractivity contribution in [3.8, 4) is 5.75 Å². The summed E-state index contributed by atoms with van der Waals surface area (Å²) in [6, 6.07) is 10.9. The first-order valence-electron chi connectivity index (χ1n) is 8.78. The van der Waals surface area contributed by atoms with Gasteiger partial charge in [0.05, 0.1) is 18.5 Å². The molecule has 0 aliphatic carbocycles. The number of benzene rings is 2. The molecule has 0 aliphatic rings. The van der Waals surface area contributed by atoms with Crippen molar-refractivity contribution >= 4 is 35.3 Å². The van der Waals surface area contributed by atoms with Crippen molar-refractivity contribution in [1.82, 2.24) is 5.43 Å². The third-order valence-electron chi connectivity index (χ3n) is 3.55. The van der Waals surface area contributed by atoms with E-state index >= 15 is 0 Å². The maximum absolute atomic E-state index is 13.5. The van der Waals surface area contributed by atoms with Gasteiger partial charge in [-0.25, -0.2) is 9.82 Å². The van der Waals surface area contributed by atoms with Crippen molar-refractivity contribution in [2.75, 3.05) is 11.9 Å². The van der Waals surface area contributed by atoms with Crippen LogP contribution in [0.25, 0.3) is 0 Å². The Bertz CT molecular complexity index is 858. The molecular formula is C20H21ClFN3O3. The van der Waals surface area contributed by atoms with Crippen molar-refractivity contribution in [1.29, 1.82) is 0 Å². The molecule has 0 radical (unpaired) electrons. The lowest BCUT2D eigenvalue weighted by Crippen LogP contribution is -2.21. The molecule has 148 valence electrons. The average Bonchev–Trinajstić information content (AvgIpc) is 2.67. The van der Waals surface area contributed by atoms with Gasteiger partial charge < -0.3 is 10.1 Å². The van der Waals surface area contributed by atoms with Crippen molar-refractivity contribution in [2.45, 2.75) is 26.2 Å². The minimum atomic E-state index is -0.535. The first-order chi connectivity index (χ1) is 13.5. The number of hydrogen-bond acceptors (Lipinski definition) is 4. The van der Waals surface area contributed by atoms with Gasteiger partial charge >= 0.3 is 0 Å². The van der Waals surface area contributed by atoms with Crippen LogP contribution in [0.2, 0.25) is 5.02 Å². The van der Waals surface area contributed by atoms with Crippen LogP contribution < -0.4 is 15.5 Å². The van der Waals surface area contributed by atoms with Gasteiger partial charge in [-0.2, -0.15) is 5.10 Å². The number of carbonyl (C=O) groups excluding carboxylic acids is 2. The Morgan fingerprint density at radius 3 is 2.68 bits per heavy atom. The quantitative estimate of drug-likeness (QED) is 0.486. The molecule has 2 N–H and O–H groups in total.